The molecule has 0 saturated carbocycles. The molecule has 0 aliphatic rings. The van der Waals surface area contributed by atoms with Crippen molar-refractivity contribution in [2.45, 2.75) is 13.0 Å². The molecule has 0 aliphatic carbocycles. The number of hydrogen-bond donors (Lipinski definition) is 2. The lowest BCUT2D eigenvalue weighted by Crippen LogP contribution is -2.26. The van der Waals surface area contributed by atoms with Crippen LogP contribution in [0.4, 0.5) is 4.39 Å². The van der Waals surface area contributed by atoms with E-state index in [1.165, 1.54) is 12.1 Å². The average molecular weight is 263 g/mol. The maximum atomic E-state index is 13.4. The first-order chi connectivity index (χ1) is 9.16. The van der Waals surface area contributed by atoms with Gasteiger partial charge >= 0.3 is 0 Å². The van der Waals surface area contributed by atoms with Gasteiger partial charge in [0, 0.05) is 31.5 Å². The van der Waals surface area contributed by atoms with Crippen molar-refractivity contribution in [3.05, 3.63) is 48.3 Å². The van der Waals surface area contributed by atoms with Crippen molar-refractivity contribution in [1.82, 2.24) is 14.9 Å². The number of halogens is 1. The average Bonchev–Trinajstić information content (AvgIpc) is 2.87. The van der Waals surface area contributed by atoms with E-state index in [2.05, 4.69) is 10.3 Å². The second-order valence-electron chi connectivity index (χ2n) is 4.07. The zero-order chi connectivity index (χ0) is 13.7. The Morgan fingerprint density at radius 3 is 3.00 bits per heavy atom. The van der Waals surface area contributed by atoms with Crippen molar-refractivity contribution in [2.24, 2.45) is 0 Å². The van der Waals surface area contributed by atoms with Crippen molar-refractivity contribution in [1.29, 1.82) is 0 Å². The van der Waals surface area contributed by atoms with E-state index in [0.29, 0.717) is 6.54 Å². The summed E-state index contributed by atoms with van der Waals surface area (Å²) in [6, 6.07) is 3.46. The maximum absolute atomic E-state index is 13.4. The molecule has 0 saturated heterocycles. The van der Waals surface area contributed by atoms with Crippen LogP contribution in [0.5, 0.6) is 5.75 Å². The van der Waals surface area contributed by atoms with Gasteiger partial charge in [-0.15, -0.1) is 0 Å². The summed E-state index contributed by atoms with van der Waals surface area (Å²) in [5.41, 5.74) is -0.0690. The van der Waals surface area contributed by atoms with Gasteiger partial charge in [0.05, 0.1) is 11.9 Å². The second-order valence-corrected chi connectivity index (χ2v) is 4.07. The fourth-order valence-corrected chi connectivity index (χ4v) is 1.67. The highest BCUT2D eigenvalue weighted by atomic mass is 19.1. The zero-order valence-corrected chi connectivity index (χ0v) is 10.2. The molecular weight excluding hydrogens is 249 g/mol. The molecule has 1 aromatic carbocycles. The molecule has 1 aromatic heterocycles. The summed E-state index contributed by atoms with van der Waals surface area (Å²) in [5, 5.41) is 11.7. The Labute approximate surface area is 109 Å². The number of rotatable bonds is 5. The number of benzene rings is 1. The number of hydrogen-bond acceptors (Lipinski definition) is 3. The minimum absolute atomic E-state index is 0.0690. The van der Waals surface area contributed by atoms with E-state index in [9.17, 15) is 9.18 Å². The van der Waals surface area contributed by atoms with E-state index in [1.54, 1.807) is 12.5 Å². The molecule has 0 aliphatic heterocycles. The van der Waals surface area contributed by atoms with Crippen molar-refractivity contribution in [3.63, 3.8) is 0 Å². The summed E-state index contributed by atoms with van der Waals surface area (Å²) in [7, 11) is 0. The van der Waals surface area contributed by atoms with Crippen LogP contribution in [0.2, 0.25) is 0 Å². The molecule has 0 fully saturated rings. The Morgan fingerprint density at radius 2 is 2.32 bits per heavy atom. The Bertz CT molecular complexity index is 555. The van der Waals surface area contributed by atoms with Gasteiger partial charge in [-0.2, -0.15) is 0 Å². The van der Waals surface area contributed by atoms with Crippen molar-refractivity contribution in [2.75, 3.05) is 6.54 Å². The van der Waals surface area contributed by atoms with E-state index in [0.717, 1.165) is 19.0 Å². The van der Waals surface area contributed by atoms with Crippen LogP contribution in [0.15, 0.2) is 36.9 Å². The van der Waals surface area contributed by atoms with Crippen molar-refractivity contribution in [3.8, 4) is 5.75 Å². The molecule has 1 heterocycles. The van der Waals surface area contributed by atoms with E-state index in [-0.39, 0.29) is 11.3 Å². The number of phenols is 1. The van der Waals surface area contributed by atoms with Crippen LogP contribution in [0.1, 0.15) is 16.8 Å². The van der Waals surface area contributed by atoms with E-state index in [4.69, 9.17) is 5.11 Å². The molecule has 0 atom stereocenters. The fourth-order valence-electron chi connectivity index (χ4n) is 1.67. The van der Waals surface area contributed by atoms with Crippen LogP contribution in [-0.4, -0.2) is 27.1 Å². The molecule has 5 nitrogen and oxygen atoms in total. The molecule has 2 N–H and O–H groups in total. The van der Waals surface area contributed by atoms with E-state index >= 15 is 0 Å². The monoisotopic (exact) mass is 263 g/mol. The van der Waals surface area contributed by atoms with Gasteiger partial charge in [-0.25, -0.2) is 9.37 Å². The van der Waals surface area contributed by atoms with Crippen LogP contribution in [-0.2, 0) is 6.54 Å². The summed E-state index contributed by atoms with van der Waals surface area (Å²) < 4.78 is 15.3. The third kappa shape index (κ3) is 3.54. The quantitative estimate of drug-likeness (QED) is 0.804. The smallest absolute Gasteiger partial charge is 0.254 e. The highest BCUT2D eigenvalue weighted by Crippen LogP contribution is 2.14. The molecule has 1 amide bonds. The zero-order valence-electron chi connectivity index (χ0n) is 10.2. The number of aryl methyl sites for hydroxylation is 1. The number of amides is 1. The molecule has 19 heavy (non-hydrogen) atoms. The Balaban J connectivity index is 1.81. The van der Waals surface area contributed by atoms with Crippen LogP contribution in [0, 0.1) is 5.82 Å². The molecule has 0 spiro atoms. The minimum Gasteiger partial charge on any atom is -0.508 e. The number of phenolic OH excluding ortho intramolecular Hbond substituents is 1. The van der Waals surface area contributed by atoms with Gasteiger partial charge in [-0.1, -0.05) is 0 Å². The summed E-state index contributed by atoms with van der Waals surface area (Å²) in [6.07, 6.45) is 5.94. The number of aromatic nitrogens is 2. The number of carbonyl (C=O) groups is 1. The van der Waals surface area contributed by atoms with Crippen LogP contribution >= 0.6 is 0 Å². The van der Waals surface area contributed by atoms with Crippen molar-refractivity contribution >= 4 is 5.91 Å². The topological polar surface area (TPSA) is 67.2 Å². The summed E-state index contributed by atoms with van der Waals surface area (Å²) in [6.45, 7) is 1.18. The number of carbonyl (C=O) groups excluding carboxylic acids is 1. The number of imidazole rings is 1. The lowest BCUT2D eigenvalue weighted by atomic mass is 10.2. The molecule has 2 aromatic rings. The Kier molecular flexibility index (Phi) is 4.12. The Hall–Kier alpha value is -2.37. The number of nitrogens with one attached hydrogen (secondary N) is 1. The van der Waals surface area contributed by atoms with Crippen LogP contribution < -0.4 is 5.32 Å². The molecule has 100 valence electrons. The second kappa shape index (κ2) is 5.99. The highest BCUT2D eigenvalue weighted by Gasteiger charge is 2.11. The van der Waals surface area contributed by atoms with Gasteiger partial charge in [0.2, 0.25) is 0 Å². The molecule has 6 heteroatoms. The lowest BCUT2D eigenvalue weighted by molar-refractivity contribution is 0.0948. The number of nitrogens with zero attached hydrogens (tertiary/aromatic N) is 2. The van der Waals surface area contributed by atoms with Gasteiger partial charge in [-0.05, 0) is 18.6 Å². The molecule has 0 unspecified atom stereocenters. The van der Waals surface area contributed by atoms with Crippen LogP contribution in [0.3, 0.4) is 0 Å². The first-order valence-electron chi connectivity index (χ1n) is 5.89. The van der Waals surface area contributed by atoms with Crippen molar-refractivity contribution < 1.29 is 14.3 Å². The third-order valence-corrected chi connectivity index (χ3v) is 2.64. The van der Waals surface area contributed by atoms with Gasteiger partial charge in [0.25, 0.3) is 5.91 Å². The summed E-state index contributed by atoms with van der Waals surface area (Å²) >= 11 is 0. The highest BCUT2D eigenvalue weighted by molar-refractivity contribution is 5.94. The third-order valence-electron chi connectivity index (χ3n) is 2.64. The molecular formula is C13H14FN3O2. The predicted octanol–water partition coefficient (Wildman–Crippen LogP) is 1.55. The van der Waals surface area contributed by atoms with Gasteiger partial charge in [0.15, 0.2) is 0 Å². The summed E-state index contributed by atoms with van der Waals surface area (Å²) in [4.78, 5) is 15.6. The molecule has 0 radical (unpaired) electrons. The first kappa shape index (κ1) is 13.1. The van der Waals surface area contributed by atoms with E-state index < -0.39 is 11.7 Å². The first-order valence-corrected chi connectivity index (χ1v) is 5.89. The molecule has 0 bridgehead atoms. The predicted molar refractivity (Wildman–Crippen MR) is 67.2 cm³/mol. The standard InChI is InChI=1S/C13H14FN3O2/c14-12-8-10(18)2-3-11(12)13(19)16-4-1-6-17-7-5-15-9-17/h2-3,5,7-9,18H,1,4,6H2,(H,16,19). The van der Waals surface area contributed by atoms with E-state index in [1.807, 2.05) is 10.8 Å². The van der Waals surface area contributed by atoms with Gasteiger partial charge < -0.3 is 15.0 Å². The SMILES string of the molecule is O=C(NCCCn1ccnc1)c1ccc(O)cc1F. The maximum Gasteiger partial charge on any atom is 0.254 e. The fraction of sp³-hybridized carbons (Fsp3) is 0.231. The largest absolute Gasteiger partial charge is 0.508 e. The molecule has 2 rings (SSSR count). The Morgan fingerprint density at radius 1 is 1.47 bits per heavy atom. The minimum atomic E-state index is -0.730. The van der Waals surface area contributed by atoms with Gasteiger partial charge in [0.1, 0.15) is 11.6 Å². The normalized spacial score (nSPS) is 10.4. The van der Waals surface area contributed by atoms with Gasteiger partial charge in [-0.3, -0.25) is 4.79 Å². The number of aromatic hydroxyl groups is 1. The lowest BCUT2D eigenvalue weighted by Gasteiger charge is -2.06. The summed E-state index contributed by atoms with van der Waals surface area (Å²) in [5.74, 6) is -1.41. The van der Waals surface area contributed by atoms with Crippen LogP contribution in [0.25, 0.3) is 0 Å².